The fourth-order valence-electron chi connectivity index (χ4n) is 12.2. The fourth-order valence-corrected chi connectivity index (χ4v) is 18.9. The van der Waals surface area contributed by atoms with E-state index < -0.39 is 207 Å². The summed E-state index contributed by atoms with van der Waals surface area (Å²) in [5, 5.41) is 39.6. The minimum atomic E-state index is -4.61. The third-order valence-corrected chi connectivity index (χ3v) is 25.2. The third-order valence-electron chi connectivity index (χ3n) is 17.8. The van der Waals surface area contributed by atoms with Crippen molar-refractivity contribution in [1.29, 1.82) is 0 Å². The van der Waals surface area contributed by atoms with Crippen LogP contribution >= 0.6 is 92.4 Å². The number of nitrogen functional groups attached to an aromatic ring is 3. The molecule has 36 nitrogen and oxygen atoms in total. The van der Waals surface area contributed by atoms with Crippen molar-refractivity contribution < 1.29 is 112 Å². The summed E-state index contributed by atoms with van der Waals surface area (Å²) < 4.78 is 180. The highest BCUT2D eigenvalue weighted by molar-refractivity contribution is 7.55. The number of nitrogens with one attached hydrogen (secondary N) is 2. The lowest BCUT2D eigenvalue weighted by molar-refractivity contribution is -0.152. The number of carbonyl (C=O) groups is 3. The first-order valence-corrected chi connectivity index (χ1v) is 44.3. The number of rotatable bonds is 30. The first-order valence-electron chi connectivity index (χ1n) is 39.9. The number of fused-ring (bicyclic) bond motifs is 3. The first kappa shape index (κ1) is 87.4. The summed E-state index contributed by atoms with van der Waals surface area (Å²) in [6.45, 7) is 4.84. The first-order chi connectivity index (χ1) is 60.3. The summed E-state index contributed by atoms with van der Waals surface area (Å²) in [6, 6.07) is 24.7. The van der Waals surface area contributed by atoms with Crippen LogP contribution in [0.4, 0.5) is 22.2 Å². The Bertz CT molecular complexity index is 6080. The Balaban J connectivity index is 0.000000201. The largest absolute Gasteiger partial charge is 0.463 e. The summed E-state index contributed by atoms with van der Waals surface area (Å²) >= 11 is 37.2. The van der Waals surface area contributed by atoms with Crippen LogP contribution in [0.2, 0.25) is 0 Å². The number of hydrogen-bond acceptors (Lipinski definition) is 31. The molecule has 0 spiro atoms. The molecule has 18 atom stereocenters. The Morgan fingerprint density at radius 1 is 0.537 bits per heavy atom. The monoisotopic (exact) mass is 1890 g/mol. The van der Waals surface area contributed by atoms with Crippen molar-refractivity contribution in [3.8, 4) is 51.1 Å². The Hall–Kier alpha value is -9.06. The van der Waals surface area contributed by atoms with E-state index in [9.17, 15) is 57.4 Å². The van der Waals surface area contributed by atoms with E-state index in [2.05, 4.69) is 63.4 Å². The molecule has 0 aliphatic carbocycles. The van der Waals surface area contributed by atoms with Gasteiger partial charge in [0, 0.05) is 28.5 Å². The van der Waals surface area contributed by atoms with Crippen LogP contribution < -0.4 is 41.9 Å². The molecular formula is C77H85Cl6FN13O23P3. The number of anilines is 3. The Kier molecular flexibility index (Phi) is 29.1. The number of aliphatic hydroxyl groups is 3. The molecule has 12 rings (SSSR count). The maximum Gasteiger partial charge on any atom is 0.380 e. The van der Waals surface area contributed by atoms with Crippen molar-refractivity contribution in [1.82, 2.24) is 48.6 Å². The molecule has 660 valence electrons. The van der Waals surface area contributed by atoms with Gasteiger partial charge in [-0.15, -0.1) is 0 Å². The van der Waals surface area contributed by atoms with Crippen molar-refractivity contribution in [2.75, 3.05) is 55.4 Å². The molecule has 11 N–H and O–H groups in total. The number of benzene rings is 3. The van der Waals surface area contributed by atoms with Crippen LogP contribution in [0.1, 0.15) is 89.2 Å². The molecule has 3 unspecified atom stereocenters. The zero-order chi connectivity index (χ0) is 95.2. The number of ether oxygens (including phenoxy) is 6. The Labute approximate surface area is 740 Å². The van der Waals surface area contributed by atoms with Gasteiger partial charge >= 0.3 is 40.7 Å². The van der Waals surface area contributed by atoms with E-state index in [1.165, 1.54) is 91.1 Å². The number of H-pyrrole nitrogens is 2. The normalized spacial score (nSPS) is 25.5. The number of hydrogen-bond donors (Lipinski definition) is 8. The van der Waals surface area contributed by atoms with E-state index in [1.54, 1.807) is 96.1 Å². The van der Waals surface area contributed by atoms with E-state index >= 15 is 0 Å². The van der Waals surface area contributed by atoms with Crippen molar-refractivity contribution in [2.24, 2.45) is 17.8 Å². The topological polar surface area (TPSA) is 497 Å². The Morgan fingerprint density at radius 2 is 0.894 bits per heavy atom. The quantitative estimate of drug-likeness (QED) is 0.00681. The van der Waals surface area contributed by atoms with E-state index in [0.717, 1.165) is 10.8 Å². The number of nitrogens with zero attached hydrogens (tertiary/aromatic N) is 8. The Morgan fingerprint density at radius 3 is 1.27 bits per heavy atom. The standard InChI is InChI=1S/C26H28Cl2FN4O8P.C26H29Cl2N4O8P.C25H28Cl2N5O7P/c1-14(2)39-23(36)15(3)13-42(37,41-16-7-5-4-6-8-16)38-12-18-20(34)26(28,9-10-27)24(40-18)33-11-17(29)19-21(33)31-25(30)32-22(19)35;1-15(2)38-23(35)16(3)14-41(36,40-17-7-5-4-6-8-17)37-13-19-20(33)26(28,10-11-27)24(39-19)32-12-9-18-21(32)30-25(29)31-22(18)34;1-15(2)37-22(34)16(3)13-40(35,39-17-7-5-4-6-8-17)36-12-19-20(33)25(27,9-10-26)23(38-19)32-14-30-18-11-29-24(28)31-21(18)32/h4-8,11,14-15,18,20,24,34H,12-13H2,1-3H3,(H3,30,31,32,35);4-9,12,15-16,19-20,24,33H,13-14H2,1-3H3,(H3,29,30,31,34);4-8,11,14-16,19-20,23,33H,12-13H2,1-3H3,(H2,28,29,31)/t15-,18-,20+,24-,26?,42+;16-,19-,20+,24-,26?,41+;16-,19-,20+,23-,25?,40+/m111/s1/i12D2;13D2;12D2. The predicted molar refractivity (Wildman–Crippen MR) is 453 cm³/mol. The van der Waals surface area contributed by atoms with E-state index in [4.69, 9.17) is 151 Å². The fraction of sp³-hybridized carbons (Fsp3) is 0.429. The van der Waals surface area contributed by atoms with Crippen LogP contribution in [0.3, 0.4) is 0 Å². The summed E-state index contributed by atoms with van der Waals surface area (Å²) in [5.74, 6) is 0.388. The highest BCUT2D eigenvalue weighted by atomic mass is 35.5. The third kappa shape index (κ3) is 23.0. The number of imidazole rings is 1. The molecule has 0 radical (unpaired) electrons. The maximum absolute atomic E-state index is 14.9. The van der Waals surface area contributed by atoms with Gasteiger partial charge in [0.2, 0.25) is 17.8 Å². The van der Waals surface area contributed by atoms with Crippen LogP contribution in [0.15, 0.2) is 132 Å². The van der Waals surface area contributed by atoms with Crippen molar-refractivity contribution in [2.45, 2.75) is 151 Å². The average molecular weight is 1890 g/mol. The predicted octanol–water partition coefficient (Wildman–Crippen LogP) is 11.1. The zero-order valence-corrected chi connectivity index (χ0v) is 73.4. The molecule has 123 heavy (non-hydrogen) atoms. The number of alkyl halides is 3. The lowest BCUT2D eigenvalue weighted by atomic mass is 9.99. The number of nitrogens with two attached hydrogens (primary N) is 3. The molecule has 3 fully saturated rings. The SMILES string of the molecule is [2H]C([2H])(O[P@@](=O)(C[C@@H](C)C(=O)OC(C)C)Oc1ccccc1)[C@H]1O[C@@H](n2cc(F)c3c(=O)[nH]c(N)nc32)C(Cl)(C#CCl)[C@H]1O.[2H]C([2H])(O[P@@](=O)(C[C@@H](C)C(=O)OC(C)C)Oc1ccccc1)[C@H]1O[C@@H](n2ccc3c(=O)[nH]c(N)nc32)C(Cl)(C#CCl)[C@H]1O.[2H]C([2H])(O[P@@](=O)(C[C@@H](C)C(=O)OC(C)C)Oc1ccccc1)[C@H]1O[C@@H](n2cnc3cnc(N)nc32)C(Cl)(C#CCl)[C@H]1O. The van der Waals surface area contributed by atoms with Crippen molar-refractivity contribution in [3.05, 3.63) is 149 Å². The molecule has 0 bridgehead atoms. The molecule has 3 saturated heterocycles. The van der Waals surface area contributed by atoms with Crippen LogP contribution in [-0.4, -0.2) is 190 Å². The van der Waals surface area contributed by atoms with Gasteiger partial charge in [-0.2, -0.15) is 15.0 Å². The zero-order valence-electron chi connectivity index (χ0n) is 72.1. The van der Waals surface area contributed by atoms with Gasteiger partial charge in [0.05, 0.1) is 100 Å². The van der Waals surface area contributed by atoms with Gasteiger partial charge in [0.25, 0.3) is 11.1 Å². The highest BCUT2D eigenvalue weighted by Crippen LogP contribution is 2.56. The van der Waals surface area contributed by atoms with Crippen LogP contribution in [0.5, 0.6) is 17.2 Å². The van der Waals surface area contributed by atoms with E-state index in [-0.39, 0.29) is 57.4 Å². The second-order valence-electron chi connectivity index (χ2n) is 28.4. The number of aromatic nitrogens is 10. The summed E-state index contributed by atoms with van der Waals surface area (Å²) in [5.41, 5.74) is 15.7. The van der Waals surface area contributed by atoms with Crippen molar-refractivity contribution in [3.63, 3.8) is 0 Å². The van der Waals surface area contributed by atoms with Crippen LogP contribution in [0, 0.1) is 57.5 Å². The molecule has 9 aromatic rings. The van der Waals surface area contributed by atoms with Crippen LogP contribution in [0.25, 0.3) is 33.2 Å². The second kappa shape index (κ2) is 40.9. The van der Waals surface area contributed by atoms with Gasteiger partial charge in [0.1, 0.15) is 64.8 Å². The molecule has 6 aromatic heterocycles. The highest BCUT2D eigenvalue weighted by Gasteiger charge is 2.60. The molecule has 46 heteroatoms. The molecule has 0 saturated carbocycles. The van der Waals surface area contributed by atoms with Gasteiger partial charge in [-0.1, -0.05) is 128 Å². The van der Waals surface area contributed by atoms with Gasteiger partial charge < -0.3 is 79.1 Å². The van der Waals surface area contributed by atoms with Crippen molar-refractivity contribution >= 4 is 161 Å². The molecule has 3 aliphatic rings. The second-order valence-corrected chi connectivity index (χ2v) is 36.7. The lowest BCUT2D eigenvalue weighted by Crippen LogP contribution is -2.41. The van der Waals surface area contributed by atoms with Gasteiger partial charge in [-0.25, -0.2) is 28.1 Å². The average Bonchev–Trinajstić information content (AvgIpc) is 1.58. The molecular weight excluding hydrogens is 1800 g/mol. The van der Waals surface area contributed by atoms with Crippen LogP contribution in [-0.2, 0) is 70.1 Å². The summed E-state index contributed by atoms with van der Waals surface area (Å²) in [6.07, 6.45) is -14.9. The van der Waals surface area contributed by atoms with Gasteiger partial charge in [0.15, 0.2) is 56.1 Å². The number of aliphatic hydroxyl groups excluding tert-OH is 3. The van der Waals surface area contributed by atoms with Gasteiger partial charge in [-0.3, -0.25) is 56.6 Å². The van der Waals surface area contributed by atoms with Gasteiger partial charge in [-0.05, 0) is 119 Å². The molecule has 3 aromatic carbocycles. The lowest BCUT2D eigenvalue weighted by Gasteiger charge is -2.26. The molecule has 9 heterocycles. The number of para-hydroxylation sites is 3. The minimum Gasteiger partial charge on any atom is -0.463 e. The smallest absolute Gasteiger partial charge is 0.380 e. The number of aromatic amines is 2. The number of esters is 3. The summed E-state index contributed by atoms with van der Waals surface area (Å²) in [7, 11) is -13.6. The molecule has 0 amide bonds. The number of carbonyl (C=O) groups excluding carboxylic acids is 3. The molecule has 3 aliphatic heterocycles. The number of halogens is 7. The van der Waals surface area contributed by atoms with E-state index in [0.29, 0.717) is 5.52 Å². The minimum absolute atomic E-state index is 0.00227. The van der Waals surface area contributed by atoms with E-state index in [1.807, 2.05) is 5.38 Å². The maximum atomic E-state index is 14.9. The summed E-state index contributed by atoms with van der Waals surface area (Å²) in [4.78, 5) is 80.6.